The molecule has 0 aliphatic heterocycles. The first-order valence-electron chi connectivity index (χ1n) is 5.76. The van der Waals surface area contributed by atoms with Crippen LogP contribution in [-0.2, 0) is 0 Å². The molecule has 2 aromatic rings. The lowest BCUT2D eigenvalue weighted by molar-refractivity contribution is 0.279. The van der Waals surface area contributed by atoms with E-state index < -0.39 is 0 Å². The van der Waals surface area contributed by atoms with E-state index in [1.807, 2.05) is 18.2 Å². The molecule has 6 heteroatoms. The average molecular weight is 267 g/mol. The molecule has 1 atom stereocenters. The van der Waals surface area contributed by atoms with Crippen LogP contribution in [0.5, 0.6) is 5.75 Å². The molecule has 5 nitrogen and oxygen atoms in total. The van der Waals surface area contributed by atoms with E-state index in [2.05, 4.69) is 9.97 Å². The van der Waals surface area contributed by atoms with Gasteiger partial charge in [0.05, 0.1) is 18.1 Å². The van der Waals surface area contributed by atoms with Crippen molar-refractivity contribution in [2.45, 2.75) is 17.6 Å². The minimum absolute atomic E-state index is 0.0113. The number of nitrogens with two attached hydrogens (primary N) is 1. The summed E-state index contributed by atoms with van der Waals surface area (Å²) >= 11 is 1.56. The normalized spacial score (nSPS) is 12.8. The van der Waals surface area contributed by atoms with Crippen LogP contribution in [0.1, 0.15) is 6.42 Å². The molecule has 18 heavy (non-hydrogen) atoms. The number of aromatic amines is 1. The van der Waals surface area contributed by atoms with Crippen molar-refractivity contribution in [1.29, 1.82) is 0 Å². The average Bonchev–Trinajstić information content (AvgIpc) is 2.78. The standard InChI is InChI=1S/C12H17N3O2S/c1-17-9-2-3-10-11(6-9)15-12(14-10)18-7-8(13)4-5-16/h2-3,6,8,16H,4-5,7,13H2,1H3,(H,14,15). The van der Waals surface area contributed by atoms with Crippen molar-refractivity contribution in [2.75, 3.05) is 19.5 Å². The van der Waals surface area contributed by atoms with E-state index in [0.29, 0.717) is 6.42 Å². The topological polar surface area (TPSA) is 84.2 Å². The smallest absolute Gasteiger partial charge is 0.166 e. The van der Waals surface area contributed by atoms with E-state index in [9.17, 15) is 0 Å². The summed E-state index contributed by atoms with van der Waals surface area (Å²) in [7, 11) is 1.64. The first-order valence-corrected chi connectivity index (χ1v) is 6.74. The molecule has 1 unspecified atom stereocenters. The number of aromatic nitrogens is 2. The van der Waals surface area contributed by atoms with Crippen molar-refractivity contribution in [3.05, 3.63) is 18.2 Å². The van der Waals surface area contributed by atoms with Gasteiger partial charge in [-0.2, -0.15) is 0 Å². The second-order valence-corrected chi connectivity index (χ2v) is 5.02. The number of thioether (sulfide) groups is 1. The Labute approximate surface area is 110 Å². The molecule has 1 heterocycles. The number of aliphatic hydroxyl groups excluding tert-OH is 1. The summed E-state index contributed by atoms with van der Waals surface area (Å²) in [4.78, 5) is 7.68. The Kier molecular flexibility index (Phi) is 4.46. The van der Waals surface area contributed by atoms with E-state index in [0.717, 1.165) is 27.7 Å². The lowest BCUT2D eigenvalue weighted by atomic mass is 10.3. The molecule has 0 spiro atoms. The van der Waals surface area contributed by atoms with Crippen LogP contribution in [0.15, 0.2) is 23.4 Å². The molecule has 0 amide bonds. The highest BCUT2D eigenvalue weighted by Crippen LogP contribution is 2.23. The highest BCUT2D eigenvalue weighted by Gasteiger charge is 2.07. The van der Waals surface area contributed by atoms with Gasteiger partial charge in [-0.15, -0.1) is 0 Å². The van der Waals surface area contributed by atoms with Crippen molar-refractivity contribution < 1.29 is 9.84 Å². The number of benzene rings is 1. The van der Waals surface area contributed by atoms with E-state index >= 15 is 0 Å². The van der Waals surface area contributed by atoms with Gasteiger partial charge in [0.1, 0.15) is 5.75 Å². The van der Waals surface area contributed by atoms with Crippen LogP contribution in [0.4, 0.5) is 0 Å². The summed E-state index contributed by atoms with van der Waals surface area (Å²) in [5.41, 5.74) is 7.69. The number of ether oxygens (including phenoxy) is 1. The third-order valence-corrected chi connectivity index (χ3v) is 3.66. The number of nitrogens with one attached hydrogen (secondary N) is 1. The van der Waals surface area contributed by atoms with Gasteiger partial charge in [0.15, 0.2) is 5.16 Å². The van der Waals surface area contributed by atoms with Crippen LogP contribution < -0.4 is 10.5 Å². The van der Waals surface area contributed by atoms with Gasteiger partial charge in [0, 0.05) is 24.5 Å². The van der Waals surface area contributed by atoms with Crippen molar-refractivity contribution in [1.82, 2.24) is 9.97 Å². The Morgan fingerprint density at radius 2 is 2.39 bits per heavy atom. The Hall–Kier alpha value is -1.24. The molecule has 4 N–H and O–H groups in total. The van der Waals surface area contributed by atoms with E-state index in [1.54, 1.807) is 18.9 Å². The fourth-order valence-electron chi connectivity index (χ4n) is 1.60. The zero-order chi connectivity index (χ0) is 13.0. The Morgan fingerprint density at radius 1 is 1.56 bits per heavy atom. The van der Waals surface area contributed by atoms with Crippen molar-refractivity contribution in [3.63, 3.8) is 0 Å². The quantitative estimate of drug-likeness (QED) is 0.688. The number of imidazole rings is 1. The van der Waals surface area contributed by atoms with Gasteiger partial charge in [0.2, 0.25) is 0 Å². The van der Waals surface area contributed by atoms with Crippen LogP contribution in [0.3, 0.4) is 0 Å². The Morgan fingerprint density at radius 3 is 3.11 bits per heavy atom. The first kappa shape index (κ1) is 13.2. The van der Waals surface area contributed by atoms with Gasteiger partial charge in [-0.05, 0) is 18.6 Å². The molecule has 0 saturated heterocycles. The Bertz CT molecular complexity index is 515. The molecule has 2 rings (SSSR count). The summed E-state index contributed by atoms with van der Waals surface area (Å²) in [5.74, 6) is 1.54. The monoisotopic (exact) mass is 267 g/mol. The fourth-order valence-corrected chi connectivity index (χ4v) is 2.48. The highest BCUT2D eigenvalue weighted by molar-refractivity contribution is 7.99. The van der Waals surface area contributed by atoms with Crippen LogP contribution in [0.2, 0.25) is 0 Å². The van der Waals surface area contributed by atoms with E-state index in [-0.39, 0.29) is 12.6 Å². The Balaban J connectivity index is 2.05. The molecule has 0 bridgehead atoms. The fraction of sp³-hybridized carbons (Fsp3) is 0.417. The minimum Gasteiger partial charge on any atom is -0.497 e. The molecular formula is C12H17N3O2S. The number of hydrogen-bond acceptors (Lipinski definition) is 5. The maximum atomic E-state index is 8.78. The molecule has 98 valence electrons. The van der Waals surface area contributed by atoms with Crippen LogP contribution in [-0.4, -0.2) is 40.6 Å². The van der Waals surface area contributed by atoms with Gasteiger partial charge < -0.3 is 20.6 Å². The third kappa shape index (κ3) is 3.16. The summed E-state index contributed by atoms with van der Waals surface area (Å²) in [6, 6.07) is 5.71. The van der Waals surface area contributed by atoms with E-state index in [4.69, 9.17) is 15.6 Å². The summed E-state index contributed by atoms with van der Waals surface area (Å²) in [6.07, 6.45) is 0.612. The minimum atomic E-state index is -0.0113. The zero-order valence-corrected chi connectivity index (χ0v) is 11.0. The number of H-pyrrole nitrogens is 1. The van der Waals surface area contributed by atoms with Gasteiger partial charge in [-0.3, -0.25) is 0 Å². The number of fused-ring (bicyclic) bond motifs is 1. The number of methoxy groups -OCH3 is 1. The molecule has 0 aliphatic carbocycles. The number of hydrogen-bond donors (Lipinski definition) is 3. The largest absolute Gasteiger partial charge is 0.497 e. The number of aliphatic hydroxyl groups is 1. The molecule has 0 saturated carbocycles. The maximum Gasteiger partial charge on any atom is 0.166 e. The van der Waals surface area contributed by atoms with Crippen molar-refractivity contribution in [2.24, 2.45) is 5.73 Å². The summed E-state index contributed by atoms with van der Waals surface area (Å²) in [5, 5.41) is 9.62. The summed E-state index contributed by atoms with van der Waals surface area (Å²) in [6.45, 7) is 0.124. The first-order chi connectivity index (χ1) is 8.72. The zero-order valence-electron chi connectivity index (χ0n) is 10.2. The molecule has 1 aromatic heterocycles. The number of nitrogens with zero attached hydrogens (tertiary/aromatic N) is 1. The van der Waals surface area contributed by atoms with Crippen molar-refractivity contribution in [3.8, 4) is 5.75 Å². The second-order valence-electron chi connectivity index (χ2n) is 4.01. The van der Waals surface area contributed by atoms with Crippen molar-refractivity contribution >= 4 is 22.8 Å². The molecule has 0 fully saturated rings. The lowest BCUT2D eigenvalue weighted by Crippen LogP contribution is -2.23. The van der Waals surface area contributed by atoms with Gasteiger partial charge in [-0.1, -0.05) is 11.8 Å². The molecule has 1 aromatic carbocycles. The molecule has 0 radical (unpaired) electrons. The predicted octanol–water partition coefficient (Wildman–Crippen LogP) is 1.37. The molecular weight excluding hydrogens is 250 g/mol. The second kappa shape index (κ2) is 6.08. The van der Waals surface area contributed by atoms with E-state index in [1.165, 1.54) is 0 Å². The van der Waals surface area contributed by atoms with Crippen LogP contribution in [0, 0.1) is 0 Å². The SMILES string of the molecule is COc1ccc2nc(SCC(N)CCO)[nH]c2c1. The predicted molar refractivity (Wildman–Crippen MR) is 73.0 cm³/mol. The van der Waals surface area contributed by atoms with Gasteiger partial charge >= 0.3 is 0 Å². The molecule has 0 aliphatic rings. The maximum absolute atomic E-state index is 8.78. The third-order valence-electron chi connectivity index (χ3n) is 2.60. The lowest BCUT2D eigenvalue weighted by Gasteiger charge is -2.06. The van der Waals surface area contributed by atoms with Crippen LogP contribution >= 0.6 is 11.8 Å². The summed E-state index contributed by atoms with van der Waals surface area (Å²) < 4.78 is 5.16. The highest BCUT2D eigenvalue weighted by atomic mass is 32.2. The van der Waals surface area contributed by atoms with Crippen LogP contribution in [0.25, 0.3) is 11.0 Å². The number of rotatable bonds is 6. The van der Waals surface area contributed by atoms with Gasteiger partial charge in [-0.25, -0.2) is 4.98 Å². The van der Waals surface area contributed by atoms with Gasteiger partial charge in [0.25, 0.3) is 0 Å².